The van der Waals surface area contributed by atoms with Crippen molar-refractivity contribution < 1.29 is 19.8 Å². The van der Waals surface area contributed by atoms with E-state index in [1.807, 2.05) is 0 Å². The highest BCUT2D eigenvalue weighted by molar-refractivity contribution is 6.11. The van der Waals surface area contributed by atoms with E-state index in [1.165, 1.54) is 12.1 Å². The zero-order valence-electron chi connectivity index (χ0n) is 6.76. The molecule has 14 heavy (non-hydrogen) atoms. The molecule has 3 rings (SSSR count). The molecule has 0 atom stereocenters. The first-order chi connectivity index (χ1) is 6.61. The molecule has 0 unspecified atom stereocenters. The number of aromatic nitrogens is 2. The van der Waals surface area contributed by atoms with Gasteiger partial charge in [0.05, 0.1) is 0 Å². The average molecular weight is 192 g/mol. The molecule has 2 heterocycles. The molecule has 0 fully saturated rings. The van der Waals surface area contributed by atoms with Crippen LogP contribution in [0.25, 0.3) is 11.0 Å². The van der Waals surface area contributed by atoms with Crippen molar-refractivity contribution in [3.8, 4) is 0 Å². The van der Waals surface area contributed by atoms with Crippen molar-refractivity contribution in [3.63, 3.8) is 0 Å². The Bertz CT molecular complexity index is 455. The number of hydrogen-bond donors (Lipinski definition) is 2. The summed E-state index contributed by atoms with van der Waals surface area (Å²) in [5.74, 6) is -2.61. The molecule has 0 aliphatic rings. The molecule has 2 N–H and O–H groups in total. The smallest absolute Gasteiger partial charge is 0.338 e. The first-order valence-electron chi connectivity index (χ1n) is 3.66. The number of benzene rings is 1. The summed E-state index contributed by atoms with van der Waals surface area (Å²) in [6.07, 6.45) is 0. The Morgan fingerprint density at radius 2 is 1.29 bits per heavy atom. The molecule has 0 saturated carbocycles. The van der Waals surface area contributed by atoms with Gasteiger partial charge in [-0.1, -0.05) is 0 Å². The molecule has 0 saturated heterocycles. The van der Waals surface area contributed by atoms with Crippen LogP contribution < -0.4 is 0 Å². The number of carboxylic acids is 2. The van der Waals surface area contributed by atoms with Crippen molar-refractivity contribution in [2.45, 2.75) is 0 Å². The largest absolute Gasteiger partial charge is 0.478 e. The zero-order valence-corrected chi connectivity index (χ0v) is 6.76. The van der Waals surface area contributed by atoms with Gasteiger partial charge in [0, 0.05) is 0 Å². The predicted molar refractivity (Wildman–Crippen MR) is 44.6 cm³/mol. The van der Waals surface area contributed by atoms with Crippen LogP contribution in [0.3, 0.4) is 0 Å². The summed E-state index contributed by atoms with van der Waals surface area (Å²) in [7, 11) is 0. The standard InChI is InChI=1S/C8H4N2O4/c11-7(12)5-3-1-2-4(10-9-3)6(5)8(13)14/h1-2H,(H,11,12)(H,13,14). The summed E-state index contributed by atoms with van der Waals surface area (Å²) in [5.41, 5.74) is -0.454. The third-order valence-electron chi connectivity index (χ3n) is 1.85. The predicted octanol–water partition coefficient (Wildman–Crippen LogP) is 0.464. The number of rotatable bonds is 2. The van der Waals surface area contributed by atoms with Crippen LogP contribution in [0.2, 0.25) is 0 Å². The molecule has 0 aliphatic carbocycles. The molecule has 0 radical (unpaired) electrons. The van der Waals surface area contributed by atoms with Gasteiger partial charge in [-0.3, -0.25) is 0 Å². The first-order valence-corrected chi connectivity index (χ1v) is 3.66. The Hall–Kier alpha value is -2.24. The molecule has 6 heteroatoms. The van der Waals surface area contributed by atoms with Crippen LogP contribution in [0.5, 0.6) is 0 Å². The monoisotopic (exact) mass is 192 g/mol. The Morgan fingerprint density at radius 1 is 0.929 bits per heavy atom. The summed E-state index contributed by atoms with van der Waals surface area (Å²) in [4.78, 5) is 21.5. The van der Waals surface area contributed by atoms with Gasteiger partial charge in [0.2, 0.25) is 0 Å². The Labute approximate surface area is 77.1 Å². The second-order valence-corrected chi connectivity index (χ2v) is 2.66. The van der Waals surface area contributed by atoms with Gasteiger partial charge < -0.3 is 10.2 Å². The summed E-state index contributed by atoms with van der Waals surface area (Å²) in [5, 5.41) is 24.7. The molecule has 2 bridgehead atoms. The molecule has 0 amide bonds. The van der Waals surface area contributed by atoms with E-state index in [0.717, 1.165) is 0 Å². The molecule has 3 aromatic rings. The topological polar surface area (TPSA) is 100 Å². The fourth-order valence-corrected chi connectivity index (χ4v) is 1.29. The van der Waals surface area contributed by atoms with Crippen molar-refractivity contribution in [1.82, 2.24) is 10.2 Å². The molecule has 0 aliphatic heterocycles. The van der Waals surface area contributed by atoms with Crippen molar-refractivity contribution in [2.24, 2.45) is 0 Å². The third kappa shape index (κ3) is 0.972. The van der Waals surface area contributed by atoms with Crippen molar-refractivity contribution in [1.29, 1.82) is 0 Å². The highest BCUT2D eigenvalue weighted by atomic mass is 16.4. The van der Waals surface area contributed by atoms with Crippen LogP contribution in [-0.2, 0) is 0 Å². The van der Waals surface area contributed by atoms with Gasteiger partial charge in [-0.05, 0) is 12.1 Å². The van der Waals surface area contributed by atoms with Crippen LogP contribution in [0, 0.1) is 0 Å². The molecular weight excluding hydrogens is 188 g/mol. The van der Waals surface area contributed by atoms with Gasteiger partial charge in [0.25, 0.3) is 0 Å². The number of carboxylic acid groups (broad SMARTS) is 2. The lowest BCUT2D eigenvalue weighted by atomic mass is 10.0. The van der Waals surface area contributed by atoms with Crippen molar-refractivity contribution >= 4 is 23.0 Å². The van der Waals surface area contributed by atoms with Crippen LogP contribution in [0.1, 0.15) is 20.7 Å². The van der Waals surface area contributed by atoms with Gasteiger partial charge in [-0.15, -0.1) is 10.2 Å². The summed E-state index contributed by atoms with van der Waals surface area (Å²) >= 11 is 0. The van der Waals surface area contributed by atoms with Crippen LogP contribution in [0.4, 0.5) is 0 Å². The summed E-state index contributed by atoms with van der Waals surface area (Å²) in [6, 6.07) is 2.86. The normalized spacial score (nSPS) is 10.6. The second kappa shape index (κ2) is 2.63. The Balaban J connectivity index is 2.88. The van der Waals surface area contributed by atoms with E-state index in [4.69, 9.17) is 10.2 Å². The van der Waals surface area contributed by atoms with E-state index < -0.39 is 11.9 Å². The Morgan fingerprint density at radius 3 is 1.50 bits per heavy atom. The van der Waals surface area contributed by atoms with E-state index in [9.17, 15) is 9.59 Å². The summed E-state index contributed by atoms with van der Waals surface area (Å²) in [6.45, 7) is 0. The highest BCUT2D eigenvalue weighted by Gasteiger charge is 2.23. The van der Waals surface area contributed by atoms with E-state index in [2.05, 4.69) is 10.2 Å². The molecule has 2 aromatic heterocycles. The SMILES string of the molecule is O=C(O)c1c(C(=O)O)c2ccc1nn2. The Kier molecular flexibility index (Phi) is 1.57. The lowest BCUT2D eigenvalue weighted by molar-refractivity contribution is 0.0654. The minimum atomic E-state index is -1.31. The average Bonchev–Trinajstić information content (AvgIpc) is 2.17. The number of carbonyl (C=O) groups is 2. The van der Waals surface area contributed by atoms with E-state index in [-0.39, 0.29) is 22.2 Å². The zero-order chi connectivity index (χ0) is 10.3. The number of hydrogen-bond acceptors (Lipinski definition) is 4. The minimum Gasteiger partial charge on any atom is -0.478 e. The van der Waals surface area contributed by atoms with Crippen molar-refractivity contribution in [3.05, 3.63) is 23.3 Å². The third-order valence-corrected chi connectivity index (χ3v) is 1.85. The van der Waals surface area contributed by atoms with Gasteiger partial charge >= 0.3 is 11.9 Å². The first kappa shape index (κ1) is 8.36. The minimum absolute atomic E-state index is 0.0740. The molecule has 6 nitrogen and oxygen atoms in total. The van der Waals surface area contributed by atoms with E-state index >= 15 is 0 Å². The quantitative estimate of drug-likeness (QED) is 0.716. The second-order valence-electron chi connectivity index (χ2n) is 2.66. The fourth-order valence-electron chi connectivity index (χ4n) is 1.29. The van der Waals surface area contributed by atoms with Gasteiger partial charge in [0.1, 0.15) is 22.2 Å². The summed E-state index contributed by atoms with van der Waals surface area (Å²) < 4.78 is 0. The van der Waals surface area contributed by atoms with Crippen molar-refractivity contribution in [2.75, 3.05) is 0 Å². The maximum absolute atomic E-state index is 10.8. The van der Waals surface area contributed by atoms with Crippen LogP contribution in [-0.4, -0.2) is 32.3 Å². The maximum Gasteiger partial charge on any atom is 0.338 e. The molecule has 70 valence electrons. The fraction of sp³-hybridized carbons (Fsp3) is 0. The lowest BCUT2D eigenvalue weighted by Crippen LogP contribution is -2.12. The lowest BCUT2D eigenvalue weighted by Gasteiger charge is -2.05. The van der Waals surface area contributed by atoms with Crippen LogP contribution in [0.15, 0.2) is 12.1 Å². The molecule has 0 spiro atoms. The number of nitrogens with zero attached hydrogens (tertiary/aromatic N) is 2. The van der Waals surface area contributed by atoms with Gasteiger partial charge in [0.15, 0.2) is 0 Å². The van der Waals surface area contributed by atoms with Gasteiger partial charge in [-0.25, -0.2) is 9.59 Å². The number of fused-ring (bicyclic) bond motifs is 3. The van der Waals surface area contributed by atoms with Crippen LogP contribution >= 0.6 is 0 Å². The molecule has 1 aromatic carbocycles. The number of aromatic carboxylic acids is 2. The van der Waals surface area contributed by atoms with E-state index in [0.29, 0.717) is 0 Å². The maximum atomic E-state index is 10.8. The molecular formula is C8H4N2O4. The van der Waals surface area contributed by atoms with Gasteiger partial charge in [-0.2, -0.15) is 0 Å². The van der Waals surface area contributed by atoms with E-state index in [1.54, 1.807) is 0 Å². The highest BCUT2D eigenvalue weighted by Crippen LogP contribution is 2.20.